The van der Waals surface area contributed by atoms with Crippen molar-refractivity contribution in [3.63, 3.8) is 0 Å². The summed E-state index contributed by atoms with van der Waals surface area (Å²) in [6.45, 7) is 0.764. The van der Waals surface area contributed by atoms with E-state index in [-0.39, 0.29) is 31.1 Å². The molecule has 22 heavy (non-hydrogen) atoms. The van der Waals surface area contributed by atoms with Crippen molar-refractivity contribution in [2.75, 3.05) is 26.2 Å². The molecule has 120 valence electrons. The van der Waals surface area contributed by atoms with E-state index in [1.807, 2.05) is 0 Å². The fourth-order valence-electron chi connectivity index (χ4n) is 3.01. The number of sulfonamides is 1. The molecule has 0 aliphatic carbocycles. The van der Waals surface area contributed by atoms with E-state index in [2.05, 4.69) is 5.32 Å². The van der Waals surface area contributed by atoms with E-state index in [1.54, 1.807) is 0 Å². The first kappa shape index (κ1) is 15.3. The largest absolute Gasteiger partial charge is 0.335 e. The Kier molecular flexibility index (Phi) is 3.46. The maximum Gasteiger partial charge on any atom is 0.256 e. The molecule has 6 nitrogen and oxygen atoms in total. The third-order valence-electron chi connectivity index (χ3n) is 4.22. The third kappa shape index (κ3) is 2.49. The third-order valence-corrected chi connectivity index (χ3v) is 5.13. The van der Waals surface area contributed by atoms with Crippen molar-refractivity contribution in [2.45, 2.75) is 10.6 Å². The van der Waals surface area contributed by atoms with Crippen LogP contribution in [0.5, 0.6) is 0 Å². The predicted octanol–water partition coefficient (Wildman–Crippen LogP) is -0.143. The van der Waals surface area contributed by atoms with Gasteiger partial charge in [0.2, 0.25) is 10.0 Å². The Morgan fingerprint density at radius 3 is 2.77 bits per heavy atom. The van der Waals surface area contributed by atoms with Crippen molar-refractivity contribution in [1.29, 1.82) is 0 Å². The predicted molar refractivity (Wildman–Crippen MR) is 73.9 cm³/mol. The molecule has 0 aromatic heterocycles. The Hall–Kier alpha value is -1.58. The van der Waals surface area contributed by atoms with Crippen molar-refractivity contribution >= 4 is 15.9 Å². The minimum absolute atomic E-state index is 0.0973. The quantitative estimate of drug-likeness (QED) is 0.789. The fourth-order valence-corrected chi connectivity index (χ4v) is 3.54. The van der Waals surface area contributed by atoms with Crippen molar-refractivity contribution in [2.24, 2.45) is 11.1 Å². The highest BCUT2D eigenvalue weighted by Gasteiger charge is 2.51. The zero-order valence-corrected chi connectivity index (χ0v) is 12.4. The van der Waals surface area contributed by atoms with Crippen LogP contribution in [0.15, 0.2) is 23.1 Å². The Morgan fingerprint density at radius 2 is 2.18 bits per heavy atom. The topological polar surface area (TPSA) is 92.5 Å². The van der Waals surface area contributed by atoms with Crippen molar-refractivity contribution < 1.29 is 22.0 Å². The number of primary sulfonamides is 1. The van der Waals surface area contributed by atoms with Gasteiger partial charge in [-0.3, -0.25) is 4.79 Å². The van der Waals surface area contributed by atoms with Gasteiger partial charge in [0.1, 0.15) is 11.5 Å². The van der Waals surface area contributed by atoms with Crippen molar-refractivity contribution in [3.05, 3.63) is 29.6 Å². The van der Waals surface area contributed by atoms with Gasteiger partial charge >= 0.3 is 0 Å². The number of alkyl halides is 1. The molecular formula is C13H15F2N3O3S. The van der Waals surface area contributed by atoms with Gasteiger partial charge in [0.25, 0.3) is 5.91 Å². The summed E-state index contributed by atoms with van der Waals surface area (Å²) in [4.78, 5) is 13.2. The zero-order chi connectivity index (χ0) is 16.1. The summed E-state index contributed by atoms with van der Waals surface area (Å²) >= 11 is 0. The molecule has 2 heterocycles. The molecule has 2 aliphatic heterocycles. The maximum absolute atomic E-state index is 14.5. The van der Waals surface area contributed by atoms with Crippen LogP contribution in [0, 0.1) is 11.7 Å². The molecule has 3 N–H and O–H groups in total. The number of fused-ring (bicyclic) bond motifs is 1. The Bertz CT molecular complexity index is 740. The lowest BCUT2D eigenvalue weighted by Gasteiger charge is -2.19. The summed E-state index contributed by atoms with van der Waals surface area (Å²) in [5.74, 6) is -1.94. The van der Waals surface area contributed by atoms with Crippen molar-refractivity contribution in [3.8, 4) is 0 Å². The first-order chi connectivity index (χ1) is 10.2. The number of carbonyl (C=O) groups excluding carboxylic acids is 1. The van der Waals surface area contributed by atoms with E-state index < -0.39 is 32.3 Å². The number of nitrogens with zero attached hydrogens (tertiary/aromatic N) is 1. The van der Waals surface area contributed by atoms with Gasteiger partial charge in [0.05, 0.1) is 17.0 Å². The molecule has 0 bridgehead atoms. The van der Waals surface area contributed by atoms with Gasteiger partial charge in [-0.15, -0.1) is 0 Å². The smallest absolute Gasteiger partial charge is 0.256 e. The molecule has 0 saturated carbocycles. The Balaban J connectivity index is 1.85. The first-order valence-electron chi connectivity index (χ1n) is 6.72. The van der Waals surface area contributed by atoms with Gasteiger partial charge in [-0.25, -0.2) is 22.3 Å². The van der Waals surface area contributed by atoms with E-state index in [1.165, 1.54) is 4.90 Å². The Labute approximate surface area is 126 Å². The second-order valence-electron chi connectivity index (χ2n) is 5.73. The number of nitrogens with two attached hydrogens (primary N) is 1. The van der Waals surface area contributed by atoms with Gasteiger partial charge in [0.15, 0.2) is 0 Å². The number of amides is 1. The molecule has 1 amide bonds. The summed E-state index contributed by atoms with van der Waals surface area (Å²) in [6.07, 6.45) is 0. The molecule has 3 rings (SSSR count). The standard InChI is InChI=1S/C13H15F2N3O3S/c14-11-3-9(22(16,20)21)1-2-10(11)12(19)18-5-8-4-17-6-13(8,15)7-18/h1-3,8,17H,4-7H2,(H2,16,20,21)/t8-,13+/m0/s1. The highest BCUT2D eigenvalue weighted by molar-refractivity contribution is 7.89. The number of hydrogen-bond donors (Lipinski definition) is 2. The minimum Gasteiger partial charge on any atom is -0.335 e. The van der Waals surface area contributed by atoms with Crippen LogP contribution >= 0.6 is 0 Å². The van der Waals surface area contributed by atoms with E-state index in [4.69, 9.17) is 5.14 Å². The lowest BCUT2D eigenvalue weighted by molar-refractivity contribution is 0.0750. The van der Waals surface area contributed by atoms with Crippen LogP contribution in [0.4, 0.5) is 8.78 Å². The molecule has 2 aliphatic rings. The molecule has 0 unspecified atom stereocenters. The van der Waals surface area contributed by atoms with Gasteiger partial charge < -0.3 is 10.2 Å². The van der Waals surface area contributed by atoms with E-state index in [0.29, 0.717) is 12.6 Å². The van der Waals surface area contributed by atoms with Crippen molar-refractivity contribution in [1.82, 2.24) is 10.2 Å². The second-order valence-corrected chi connectivity index (χ2v) is 7.30. The lowest BCUT2D eigenvalue weighted by atomic mass is 9.97. The lowest BCUT2D eigenvalue weighted by Crippen LogP contribution is -2.37. The number of nitrogens with one attached hydrogen (secondary N) is 1. The number of likely N-dealkylation sites (tertiary alicyclic amines) is 1. The summed E-state index contributed by atoms with van der Waals surface area (Å²) in [6, 6.07) is 2.83. The van der Waals surface area contributed by atoms with Crippen LogP contribution in [0.3, 0.4) is 0 Å². The molecular weight excluding hydrogens is 316 g/mol. The highest BCUT2D eigenvalue weighted by Crippen LogP contribution is 2.35. The van der Waals surface area contributed by atoms with Gasteiger partial charge in [0, 0.05) is 25.6 Å². The maximum atomic E-state index is 14.5. The van der Waals surface area contributed by atoms with E-state index >= 15 is 0 Å². The fraction of sp³-hybridized carbons (Fsp3) is 0.462. The number of rotatable bonds is 2. The monoisotopic (exact) mass is 331 g/mol. The number of benzene rings is 1. The Morgan fingerprint density at radius 1 is 1.45 bits per heavy atom. The van der Waals surface area contributed by atoms with Crippen LogP contribution in [0.2, 0.25) is 0 Å². The molecule has 2 atom stereocenters. The average Bonchev–Trinajstić information content (AvgIpc) is 2.91. The van der Waals surface area contributed by atoms with E-state index in [0.717, 1.165) is 12.1 Å². The molecule has 0 radical (unpaired) electrons. The number of hydrogen-bond acceptors (Lipinski definition) is 4. The molecule has 2 saturated heterocycles. The average molecular weight is 331 g/mol. The van der Waals surface area contributed by atoms with Crippen LogP contribution < -0.4 is 10.5 Å². The van der Waals surface area contributed by atoms with E-state index in [9.17, 15) is 22.0 Å². The second kappa shape index (κ2) is 4.97. The molecule has 0 spiro atoms. The van der Waals surface area contributed by atoms with Gasteiger partial charge in [-0.1, -0.05) is 0 Å². The summed E-state index contributed by atoms with van der Waals surface area (Å²) in [5.41, 5.74) is -1.77. The van der Waals surface area contributed by atoms with Crippen LogP contribution in [-0.2, 0) is 10.0 Å². The summed E-state index contributed by atoms with van der Waals surface area (Å²) in [7, 11) is -4.04. The molecule has 9 heteroatoms. The minimum atomic E-state index is -4.04. The summed E-state index contributed by atoms with van der Waals surface area (Å²) in [5, 5.41) is 7.84. The van der Waals surface area contributed by atoms with Crippen LogP contribution in [-0.4, -0.2) is 51.1 Å². The SMILES string of the molecule is NS(=O)(=O)c1ccc(C(=O)N2C[C@@H]3CNC[C@@]3(F)C2)c(F)c1. The summed E-state index contributed by atoms with van der Waals surface area (Å²) < 4.78 is 50.8. The first-order valence-corrected chi connectivity index (χ1v) is 8.27. The van der Waals surface area contributed by atoms with Crippen LogP contribution in [0.25, 0.3) is 0 Å². The number of carbonyl (C=O) groups is 1. The molecule has 2 fully saturated rings. The van der Waals surface area contributed by atoms with Gasteiger partial charge in [-0.2, -0.15) is 0 Å². The normalized spacial score (nSPS) is 28.0. The highest BCUT2D eigenvalue weighted by atomic mass is 32.2. The molecule has 1 aromatic rings. The van der Waals surface area contributed by atoms with Crippen LogP contribution in [0.1, 0.15) is 10.4 Å². The molecule has 1 aromatic carbocycles. The number of halogens is 2. The van der Waals surface area contributed by atoms with Gasteiger partial charge in [-0.05, 0) is 18.2 Å². The zero-order valence-electron chi connectivity index (χ0n) is 11.6.